The molecular weight excluding hydrogens is 312 g/mol. The molecule has 1 saturated heterocycles. The topological polar surface area (TPSA) is 41.6 Å². The van der Waals surface area contributed by atoms with Crippen LogP contribution in [0.3, 0.4) is 0 Å². The first-order valence-corrected chi connectivity index (χ1v) is 9.08. The molecule has 3 rings (SSSR count). The number of amides is 1. The fourth-order valence-electron chi connectivity index (χ4n) is 3.29. The summed E-state index contributed by atoms with van der Waals surface area (Å²) in [6.07, 6.45) is 3.81. The molecule has 1 amide bonds. The lowest BCUT2D eigenvalue weighted by molar-refractivity contribution is 0.102. The molecule has 1 aliphatic rings. The minimum atomic E-state index is -0.109. The Morgan fingerprint density at radius 2 is 1.84 bits per heavy atom. The Morgan fingerprint density at radius 1 is 1.12 bits per heavy atom. The average molecular weight is 338 g/mol. The number of carbonyl (C=O) groups excluding carboxylic acids is 1. The molecule has 0 aliphatic carbocycles. The van der Waals surface area contributed by atoms with Gasteiger partial charge in [0.05, 0.1) is 6.61 Å². The summed E-state index contributed by atoms with van der Waals surface area (Å²) in [7, 11) is 0. The van der Waals surface area contributed by atoms with Crippen LogP contribution in [0.4, 0.5) is 11.4 Å². The van der Waals surface area contributed by atoms with E-state index in [9.17, 15) is 4.79 Å². The second-order valence-electron chi connectivity index (χ2n) is 6.50. The van der Waals surface area contributed by atoms with Gasteiger partial charge in [0, 0.05) is 29.5 Å². The largest absolute Gasteiger partial charge is 0.494 e. The third-order valence-corrected chi connectivity index (χ3v) is 4.69. The van der Waals surface area contributed by atoms with Crippen molar-refractivity contribution in [3.63, 3.8) is 0 Å². The first-order valence-electron chi connectivity index (χ1n) is 9.08. The van der Waals surface area contributed by atoms with Gasteiger partial charge in [-0.1, -0.05) is 0 Å². The van der Waals surface area contributed by atoms with E-state index in [2.05, 4.69) is 29.3 Å². The molecule has 0 aromatic heterocycles. The van der Waals surface area contributed by atoms with Crippen LogP contribution >= 0.6 is 0 Å². The summed E-state index contributed by atoms with van der Waals surface area (Å²) in [6, 6.07) is 15.9. The lowest BCUT2D eigenvalue weighted by Gasteiger charge is -2.35. The number of nitrogens with zero attached hydrogens (tertiary/aromatic N) is 1. The van der Waals surface area contributed by atoms with E-state index >= 15 is 0 Å². The van der Waals surface area contributed by atoms with Gasteiger partial charge in [0.2, 0.25) is 0 Å². The number of carbonyl (C=O) groups is 1. The van der Waals surface area contributed by atoms with Gasteiger partial charge in [-0.05, 0) is 81.6 Å². The van der Waals surface area contributed by atoms with Crippen LogP contribution in [0.15, 0.2) is 48.5 Å². The summed E-state index contributed by atoms with van der Waals surface area (Å²) >= 11 is 0. The number of rotatable bonds is 5. The zero-order chi connectivity index (χ0) is 17.6. The minimum Gasteiger partial charge on any atom is -0.494 e. The van der Waals surface area contributed by atoms with Crippen molar-refractivity contribution in [1.82, 2.24) is 0 Å². The van der Waals surface area contributed by atoms with Crippen LogP contribution in [0.1, 0.15) is 43.5 Å². The minimum absolute atomic E-state index is 0.109. The van der Waals surface area contributed by atoms with Gasteiger partial charge in [0.15, 0.2) is 0 Å². The zero-order valence-electron chi connectivity index (χ0n) is 15.0. The molecule has 25 heavy (non-hydrogen) atoms. The first kappa shape index (κ1) is 17.3. The van der Waals surface area contributed by atoms with E-state index in [0.29, 0.717) is 18.2 Å². The lowest BCUT2D eigenvalue weighted by Crippen LogP contribution is -2.37. The quantitative estimate of drug-likeness (QED) is 0.858. The molecule has 1 unspecified atom stereocenters. The highest BCUT2D eigenvalue weighted by Gasteiger charge is 2.18. The Hall–Kier alpha value is -2.49. The molecule has 1 aliphatic heterocycles. The van der Waals surface area contributed by atoms with Gasteiger partial charge < -0.3 is 15.0 Å². The molecule has 0 radical (unpaired) electrons. The fraction of sp³-hybridized carbons (Fsp3) is 0.381. The maximum absolute atomic E-state index is 12.4. The summed E-state index contributed by atoms with van der Waals surface area (Å²) in [5.74, 6) is 0.668. The Labute approximate surface area is 149 Å². The third-order valence-electron chi connectivity index (χ3n) is 4.69. The number of hydrogen-bond donors (Lipinski definition) is 1. The molecule has 1 N–H and O–H groups in total. The molecule has 4 heteroatoms. The van der Waals surface area contributed by atoms with E-state index in [0.717, 1.165) is 18.0 Å². The van der Waals surface area contributed by atoms with Crippen molar-refractivity contribution in [2.45, 2.75) is 39.2 Å². The van der Waals surface area contributed by atoms with Crippen molar-refractivity contribution < 1.29 is 9.53 Å². The van der Waals surface area contributed by atoms with Crippen molar-refractivity contribution >= 4 is 17.3 Å². The normalized spacial score (nSPS) is 17.2. The van der Waals surface area contributed by atoms with Crippen molar-refractivity contribution in [2.24, 2.45) is 0 Å². The Morgan fingerprint density at radius 3 is 2.48 bits per heavy atom. The van der Waals surface area contributed by atoms with Gasteiger partial charge in [-0.15, -0.1) is 0 Å². The van der Waals surface area contributed by atoms with Crippen molar-refractivity contribution in [3.8, 4) is 5.75 Å². The summed E-state index contributed by atoms with van der Waals surface area (Å²) in [6.45, 7) is 5.95. The molecular formula is C21H26N2O2. The third kappa shape index (κ3) is 4.32. The molecule has 2 aromatic rings. The number of nitrogens with one attached hydrogen (secondary N) is 1. The highest BCUT2D eigenvalue weighted by molar-refractivity contribution is 6.04. The summed E-state index contributed by atoms with van der Waals surface area (Å²) in [4.78, 5) is 14.8. The van der Waals surface area contributed by atoms with Gasteiger partial charge in [-0.2, -0.15) is 0 Å². The van der Waals surface area contributed by atoms with E-state index in [4.69, 9.17) is 4.74 Å². The summed E-state index contributed by atoms with van der Waals surface area (Å²) in [5, 5.41) is 2.95. The van der Waals surface area contributed by atoms with Crippen LogP contribution in [-0.2, 0) is 0 Å². The second kappa shape index (κ2) is 8.06. The summed E-state index contributed by atoms with van der Waals surface area (Å²) in [5.41, 5.74) is 2.66. The number of hydrogen-bond acceptors (Lipinski definition) is 3. The fourth-order valence-corrected chi connectivity index (χ4v) is 3.29. The van der Waals surface area contributed by atoms with Gasteiger partial charge in [-0.25, -0.2) is 0 Å². The van der Waals surface area contributed by atoms with Crippen LogP contribution in [-0.4, -0.2) is 25.1 Å². The molecule has 1 heterocycles. The molecule has 2 aromatic carbocycles. The van der Waals surface area contributed by atoms with Crippen LogP contribution in [0.5, 0.6) is 5.75 Å². The smallest absolute Gasteiger partial charge is 0.255 e. The highest BCUT2D eigenvalue weighted by Crippen LogP contribution is 2.26. The van der Waals surface area contributed by atoms with Crippen molar-refractivity contribution in [1.29, 1.82) is 0 Å². The zero-order valence-corrected chi connectivity index (χ0v) is 15.0. The van der Waals surface area contributed by atoms with E-state index < -0.39 is 0 Å². The highest BCUT2D eigenvalue weighted by atomic mass is 16.5. The molecule has 1 fully saturated rings. The molecule has 0 bridgehead atoms. The molecule has 0 saturated carbocycles. The second-order valence-corrected chi connectivity index (χ2v) is 6.50. The van der Waals surface area contributed by atoms with Gasteiger partial charge in [0.1, 0.15) is 5.75 Å². The Kier molecular flexibility index (Phi) is 5.59. The van der Waals surface area contributed by atoms with Crippen LogP contribution < -0.4 is 15.0 Å². The van der Waals surface area contributed by atoms with Gasteiger partial charge in [0.25, 0.3) is 5.91 Å². The predicted molar refractivity (Wildman–Crippen MR) is 103 cm³/mol. The van der Waals surface area contributed by atoms with E-state index in [1.54, 1.807) is 12.1 Å². The SMILES string of the molecule is CCOc1ccc(C(=O)Nc2ccc(N3CCCCC3C)cc2)cc1. The maximum atomic E-state index is 12.4. The van der Waals surface area contributed by atoms with Gasteiger partial charge in [-0.3, -0.25) is 4.79 Å². The number of anilines is 2. The number of benzene rings is 2. The Balaban J connectivity index is 1.63. The number of piperidine rings is 1. The van der Waals surface area contributed by atoms with Crippen LogP contribution in [0, 0.1) is 0 Å². The molecule has 0 spiro atoms. The predicted octanol–water partition coefficient (Wildman–Crippen LogP) is 4.72. The van der Waals surface area contributed by atoms with E-state index in [1.807, 2.05) is 31.2 Å². The Bertz CT molecular complexity index is 695. The molecule has 4 nitrogen and oxygen atoms in total. The maximum Gasteiger partial charge on any atom is 0.255 e. The molecule has 132 valence electrons. The van der Waals surface area contributed by atoms with Gasteiger partial charge >= 0.3 is 0 Å². The molecule has 1 atom stereocenters. The monoisotopic (exact) mass is 338 g/mol. The van der Waals surface area contributed by atoms with E-state index in [-0.39, 0.29) is 5.91 Å². The van der Waals surface area contributed by atoms with E-state index in [1.165, 1.54) is 24.9 Å². The van der Waals surface area contributed by atoms with Crippen molar-refractivity contribution in [2.75, 3.05) is 23.4 Å². The standard InChI is InChI=1S/C21H26N2O2/c1-3-25-20-13-7-17(8-14-20)21(24)22-18-9-11-19(12-10-18)23-15-5-4-6-16(23)2/h7-14,16H,3-6,15H2,1-2H3,(H,22,24). The van der Waals surface area contributed by atoms with Crippen molar-refractivity contribution in [3.05, 3.63) is 54.1 Å². The van der Waals surface area contributed by atoms with Crippen LogP contribution in [0.25, 0.3) is 0 Å². The summed E-state index contributed by atoms with van der Waals surface area (Å²) < 4.78 is 5.40. The van der Waals surface area contributed by atoms with Crippen LogP contribution in [0.2, 0.25) is 0 Å². The number of ether oxygens (including phenoxy) is 1. The lowest BCUT2D eigenvalue weighted by atomic mass is 10.0. The first-order chi connectivity index (χ1) is 12.2. The average Bonchev–Trinajstić information content (AvgIpc) is 2.64.